The molecule has 1 amide bonds. The Kier molecular flexibility index (Phi) is 12.5. The molecule has 0 aromatic carbocycles. The number of amides is 1. The molecule has 2 aromatic heterocycles. The molecule has 1 aliphatic carbocycles. The van der Waals surface area contributed by atoms with Crippen LogP contribution in [0.1, 0.15) is 66.6 Å². The third-order valence-electron chi connectivity index (χ3n) is 5.84. The van der Waals surface area contributed by atoms with Crippen molar-refractivity contribution in [2.45, 2.75) is 60.1 Å². The first kappa shape index (κ1) is 33.0. The van der Waals surface area contributed by atoms with Crippen LogP contribution in [0.2, 0.25) is 0 Å². The number of carbonyl (C=O) groups excluding carboxylic acids is 2. The van der Waals surface area contributed by atoms with Gasteiger partial charge in [-0.3, -0.25) is 20.4 Å². The number of Topliss-reactive ketones (excluding diaryl/α,β-unsaturated/α-hetero) is 1. The van der Waals surface area contributed by atoms with Gasteiger partial charge in [0.15, 0.2) is 11.6 Å². The van der Waals surface area contributed by atoms with E-state index >= 15 is 0 Å². The number of hydrogen-bond donors (Lipinski definition) is 4. The molecule has 0 saturated heterocycles. The fourth-order valence-electron chi connectivity index (χ4n) is 3.65. The van der Waals surface area contributed by atoms with Gasteiger partial charge in [0.2, 0.25) is 5.91 Å². The van der Waals surface area contributed by atoms with Crippen molar-refractivity contribution in [3.8, 4) is 0 Å². The molecule has 1 fully saturated rings. The van der Waals surface area contributed by atoms with Gasteiger partial charge in [-0.1, -0.05) is 39.8 Å². The molecule has 1 aliphatic rings. The second-order valence-corrected chi connectivity index (χ2v) is 9.12. The molecule has 2 atom stereocenters. The van der Waals surface area contributed by atoms with Gasteiger partial charge in [0.25, 0.3) is 0 Å². The van der Waals surface area contributed by atoms with Gasteiger partial charge >= 0.3 is 0 Å². The molecule has 0 spiro atoms. The highest BCUT2D eigenvalue weighted by Gasteiger charge is 2.43. The number of ketones is 1. The predicted molar refractivity (Wildman–Crippen MR) is 159 cm³/mol. The van der Waals surface area contributed by atoms with Gasteiger partial charge in [-0.05, 0) is 43.6 Å². The second-order valence-electron chi connectivity index (χ2n) is 9.12. The zero-order valence-electron chi connectivity index (χ0n) is 23.7. The van der Waals surface area contributed by atoms with Crippen LogP contribution in [-0.2, 0) is 9.59 Å². The molecule has 10 heteroatoms. The van der Waals surface area contributed by atoms with Gasteiger partial charge in [-0.2, -0.15) is 0 Å². The number of nitrogens with one attached hydrogen (secondary N) is 3. The van der Waals surface area contributed by atoms with E-state index in [1.807, 2.05) is 26.0 Å². The van der Waals surface area contributed by atoms with Crippen LogP contribution < -0.4 is 11.5 Å². The third-order valence-corrected chi connectivity index (χ3v) is 5.84. The standard InChI is InChI=1S/C26H29FN6O2.C3H8.H3N.H2/c1-6-17(14(3)8-15(4)22(34)7-2)18-9-16-12-30-23(32-26(35)19-10-20(19)27)11-21(16)31-24(18)25(29)33(5)13-28;1-3-2;;/h6,8-9,11-13,19-20,28-29H,4,7,10H2,1-3,5H3,(H,30,32,35);3H2,1-2H3;1H3;1H/b14-8-,17-6+,28-13?,29-25?;;;/t19-,20+;;;/m0.../s1. The Labute approximate surface area is 231 Å². The minimum Gasteiger partial charge on any atom is -0.344 e. The molecule has 1 saturated carbocycles. The van der Waals surface area contributed by atoms with Gasteiger partial charge in [0, 0.05) is 43.7 Å². The number of rotatable bonds is 9. The molecule has 212 valence electrons. The number of aromatic nitrogens is 2. The van der Waals surface area contributed by atoms with Gasteiger partial charge in [0.1, 0.15) is 17.7 Å². The maximum absolute atomic E-state index is 13.2. The molecule has 2 heterocycles. The molecule has 9 nitrogen and oxygen atoms in total. The smallest absolute Gasteiger partial charge is 0.231 e. The van der Waals surface area contributed by atoms with Gasteiger partial charge in [0.05, 0.1) is 17.8 Å². The molecule has 39 heavy (non-hydrogen) atoms. The Morgan fingerprint density at radius 2 is 1.92 bits per heavy atom. The quantitative estimate of drug-likeness (QED) is 0.123. The van der Waals surface area contributed by atoms with Gasteiger partial charge in [-0.15, -0.1) is 0 Å². The van der Waals surface area contributed by atoms with Crippen molar-refractivity contribution in [1.29, 1.82) is 10.8 Å². The number of hydrogen-bond acceptors (Lipinski definition) is 7. The summed E-state index contributed by atoms with van der Waals surface area (Å²) in [4.78, 5) is 34.4. The lowest BCUT2D eigenvalue weighted by molar-refractivity contribution is -0.117. The number of nitrogens with zero attached hydrogens (tertiary/aromatic N) is 3. The van der Waals surface area contributed by atoms with E-state index in [1.165, 1.54) is 11.3 Å². The monoisotopic (exact) mass is 539 g/mol. The minimum atomic E-state index is -1.11. The average molecular weight is 540 g/mol. The summed E-state index contributed by atoms with van der Waals surface area (Å²) in [6.45, 7) is 13.6. The number of fused-ring (bicyclic) bond motifs is 1. The molecule has 0 radical (unpaired) electrons. The maximum atomic E-state index is 13.2. The molecular formula is C29H42FN7O2. The van der Waals surface area contributed by atoms with Crippen LogP contribution in [0.5, 0.6) is 0 Å². The lowest BCUT2D eigenvalue weighted by atomic mass is 9.93. The van der Waals surface area contributed by atoms with E-state index in [9.17, 15) is 14.0 Å². The van der Waals surface area contributed by atoms with Crippen LogP contribution >= 0.6 is 0 Å². The summed E-state index contributed by atoms with van der Waals surface area (Å²) in [5.41, 5.74) is 3.33. The van der Waals surface area contributed by atoms with E-state index in [-0.39, 0.29) is 31.4 Å². The first-order valence-corrected chi connectivity index (χ1v) is 12.7. The second kappa shape index (κ2) is 14.8. The topological polar surface area (TPSA) is 158 Å². The van der Waals surface area contributed by atoms with Crippen molar-refractivity contribution in [2.24, 2.45) is 5.92 Å². The largest absolute Gasteiger partial charge is 0.344 e. The van der Waals surface area contributed by atoms with Crippen molar-refractivity contribution in [1.82, 2.24) is 21.0 Å². The highest BCUT2D eigenvalue weighted by molar-refractivity contribution is 6.07. The fourth-order valence-corrected chi connectivity index (χ4v) is 3.65. The maximum Gasteiger partial charge on any atom is 0.231 e. The van der Waals surface area contributed by atoms with Crippen LogP contribution in [0.15, 0.2) is 48.2 Å². The summed E-state index contributed by atoms with van der Waals surface area (Å²) in [6.07, 6.45) is 6.85. The third kappa shape index (κ3) is 8.22. The Balaban J connectivity index is 0.00000291. The van der Waals surface area contributed by atoms with Crippen LogP contribution in [0.4, 0.5) is 10.2 Å². The SMILES string of the molecule is C=C(/C=C(C)\C(=C/C)c1cc2cnc(NC(=O)[C@H]3C[C@H]3F)cc2nc1C(=N)N(C)C=N)C(=O)CC.CCC.N.[HH]. The number of pyridine rings is 2. The number of carbonyl (C=O) groups is 2. The summed E-state index contributed by atoms with van der Waals surface area (Å²) in [7, 11) is 1.58. The Hall–Kier alpha value is -4.05. The van der Waals surface area contributed by atoms with Crippen LogP contribution in [0.25, 0.3) is 16.5 Å². The number of halogens is 1. The molecule has 2 aromatic rings. The van der Waals surface area contributed by atoms with Crippen molar-refractivity contribution in [2.75, 3.05) is 12.4 Å². The number of alkyl halides is 1. The molecule has 3 rings (SSSR count). The lowest BCUT2D eigenvalue weighted by Crippen LogP contribution is -2.27. The Morgan fingerprint density at radius 1 is 1.31 bits per heavy atom. The lowest BCUT2D eigenvalue weighted by Gasteiger charge is -2.19. The molecule has 0 unspecified atom stereocenters. The van der Waals surface area contributed by atoms with E-state index in [1.54, 1.807) is 32.3 Å². The predicted octanol–water partition coefficient (Wildman–Crippen LogP) is 6.50. The van der Waals surface area contributed by atoms with E-state index < -0.39 is 18.0 Å². The van der Waals surface area contributed by atoms with E-state index in [4.69, 9.17) is 10.8 Å². The van der Waals surface area contributed by atoms with Crippen LogP contribution in [0.3, 0.4) is 0 Å². The summed E-state index contributed by atoms with van der Waals surface area (Å²) in [6, 6.07) is 3.41. The molecular weight excluding hydrogens is 497 g/mol. The van der Waals surface area contributed by atoms with Gasteiger partial charge in [-0.25, -0.2) is 14.4 Å². The normalized spacial score (nSPS) is 16.3. The van der Waals surface area contributed by atoms with E-state index in [2.05, 4.69) is 35.7 Å². The fraction of sp³-hybridized carbons (Fsp3) is 0.379. The Morgan fingerprint density at radius 3 is 2.44 bits per heavy atom. The van der Waals surface area contributed by atoms with E-state index in [0.717, 1.165) is 17.5 Å². The highest BCUT2D eigenvalue weighted by atomic mass is 19.1. The molecule has 6 N–H and O–H groups in total. The van der Waals surface area contributed by atoms with Crippen molar-refractivity contribution in [3.05, 3.63) is 59.5 Å². The summed E-state index contributed by atoms with van der Waals surface area (Å²) < 4.78 is 13.2. The van der Waals surface area contributed by atoms with Gasteiger partial charge < -0.3 is 16.4 Å². The van der Waals surface area contributed by atoms with Crippen LogP contribution in [0, 0.1) is 16.7 Å². The average Bonchev–Trinajstić information content (AvgIpc) is 3.64. The van der Waals surface area contributed by atoms with Crippen LogP contribution in [-0.4, -0.2) is 52.0 Å². The summed E-state index contributed by atoms with van der Waals surface area (Å²) in [5.74, 6) is -0.882. The summed E-state index contributed by atoms with van der Waals surface area (Å²) >= 11 is 0. The summed E-state index contributed by atoms with van der Waals surface area (Å²) in [5, 5.41) is 19.5. The van der Waals surface area contributed by atoms with Crippen molar-refractivity contribution >= 4 is 46.2 Å². The zero-order valence-corrected chi connectivity index (χ0v) is 23.7. The molecule has 0 aliphatic heterocycles. The number of amidine groups is 1. The van der Waals surface area contributed by atoms with E-state index in [0.29, 0.717) is 34.2 Å². The molecule has 0 bridgehead atoms. The minimum absolute atomic E-state index is 0. The first-order valence-electron chi connectivity index (χ1n) is 12.7. The zero-order chi connectivity index (χ0) is 28.6. The number of allylic oxidation sites excluding steroid dienone is 5. The van der Waals surface area contributed by atoms with Crippen molar-refractivity contribution < 1.29 is 15.4 Å². The first-order chi connectivity index (χ1) is 18.0. The Bertz CT molecular complexity index is 1320. The van der Waals surface area contributed by atoms with Crippen molar-refractivity contribution in [3.63, 3.8) is 0 Å². The highest BCUT2D eigenvalue weighted by Crippen LogP contribution is 2.35. The number of anilines is 1.